The molecule has 1 fully saturated rings. The number of hydrogen-bond acceptors (Lipinski definition) is 6. The first kappa shape index (κ1) is 19.4. The summed E-state index contributed by atoms with van der Waals surface area (Å²) in [5, 5.41) is 3.05. The predicted molar refractivity (Wildman–Crippen MR) is 96.9 cm³/mol. The van der Waals surface area contributed by atoms with Gasteiger partial charge in [0.15, 0.2) is 0 Å². The summed E-state index contributed by atoms with van der Waals surface area (Å²) < 4.78 is 4.76. The Morgan fingerprint density at radius 2 is 1.88 bits per heavy atom. The fraction of sp³-hybridized carbons (Fsp3) is 0.588. The summed E-state index contributed by atoms with van der Waals surface area (Å²) in [5.74, 6) is -0.354. The molecule has 0 saturated carbocycles. The number of hydrogen-bond donors (Lipinski definition) is 2. The SMILES string of the molecule is COC(=O)c1c(NC(=O)CN2C[C@@H](C)C[C@H](C)C2)sc(C(N)=O)c1C. The minimum atomic E-state index is -0.633. The molecule has 0 bridgehead atoms. The molecule has 0 unspecified atom stereocenters. The molecule has 1 aromatic rings. The van der Waals surface area contributed by atoms with Gasteiger partial charge in [0.1, 0.15) is 5.00 Å². The minimum Gasteiger partial charge on any atom is -0.465 e. The van der Waals surface area contributed by atoms with Crippen molar-refractivity contribution in [2.45, 2.75) is 27.2 Å². The van der Waals surface area contributed by atoms with Crippen LogP contribution < -0.4 is 11.1 Å². The molecule has 1 aliphatic heterocycles. The number of nitrogens with zero attached hydrogens (tertiary/aromatic N) is 1. The van der Waals surface area contributed by atoms with Gasteiger partial charge in [0.05, 0.1) is 24.1 Å². The number of anilines is 1. The van der Waals surface area contributed by atoms with Gasteiger partial charge in [0.2, 0.25) is 5.91 Å². The number of nitrogens with two attached hydrogens (primary N) is 1. The highest BCUT2D eigenvalue weighted by Crippen LogP contribution is 2.33. The normalized spacial score (nSPS) is 21.0. The van der Waals surface area contributed by atoms with Gasteiger partial charge < -0.3 is 15.8 Å². The number of methoxy groups -OCH3 is 1. The minimum absolute atomic E-state index is 0.190. The molecule has 2 rings (SSSR count). The summed E-state index contributed by atoms with van der Waals surface area (Å²) in [5.41, 5.74) is 5.97. The highest BCUT2D eigenvalue weighted by molar-refractivity contribution is 7.18. The molecule has 138 valence electrons. The van der Waals surface area contributed by atoms with E-state index in [9.17, 15) is 14.4 Å². The summed E-state index contributed by atoms with van der Waals surface area (Å²) in [7, 11) is 1.26. The monoisotopic (exact) mass is 367 g/mol. The fourth-order valence-corrected chi connectivity index (χ4v) is 4.54. The zero-order valence-corrected chi connectivity index (χ0v) is 15.9. The van der Waals surface area contributed by atoms with E-state index in [0.29, 0.717) is 22.4 Å². The number of esters is 1. The van der Waals surface area contributed by atoms with Crippen molar-refractivity contribution in [2.24, 2.45) is 17.6 Å². The number of ether oxygens (including phenoxy) is 1. The number of rotatable bonds is 5. The van der Waals surface area contributed by atoms with Gasteiger partial charge >= 0.3 is 5.97 Å². The number of amides is 2. The van der Waals surface area contributed by atoms with Crippen LogP contribution in [0.2, 0.25) is 0 Å². The molecular weight excluding hydrogens is 342 g/mol. The van der Waals surface area contributed by atoms with Gasteiger partial charge in [0, 0.05) is 13.1 Å². The maximum Gasteiger partial charge on any atom is 0.341 e. The van der Waals surface area contributed by atoms with Crippen LogP contribution in [0, 0.1) is 18.8 Å². The smallest absolute Gasteiger partial charge is 0.341 e. The lowest BCUT2D eigenvalue weighted by Crippen LogP contribution is -2.42. The number of carbonyl (C=O) groups excluding carboxylic acids is 3. The summed E-state index contributed by atoms with van der Waals surface area (Å²) in [6, 6.07) is 0. The molecule has 2 amide bonds. The quantitative estimate of drug-likeness (QED) is 0.774. The third-order valence-corrected chi connectivity index (χ3v) is 5.55. The van der Waals surface area contributed by atoms with Crippen molar-refractivity contribution in [3.05, 3.63) is 16.0 Å². The van der Waals surface area contributed by atoms with E-state index in [-0.39, 0.29) is 22.9 Å². The van der Waals surface area contributed by atoms with Gasteiger partial charge in [-0.25, -0.2) is 4.79 Å². The number of thiophene rings is 1. The summed E-state index contributed by atoms with van der Waals surface area (Å²) in [6.07, 6.45) is 1.16. The average Bonchev–Trinajstić information content (AvgIpc) is 2.81. The number of piperidine rings is 1. The first-order valence-corrected chi connectivity index (χ1v) is 9.08. The molecule has 1 saturated heterocycles. The molecule has 2 atom stereocenters. The van der Waals surface area contributed by atoms with Gasteiger partial charge in [-0.15, -0.1) is 11.3 Å². The lowest BCUT2D eigenvalue weighted by molar-refractivity contribution is -0.117. The topological polar surface area (TPSA) is 102 Å². The van der Waals surface area contributed by atoms with Crippen molar-refractivity contribution in [3.8, 4) is 0 Å². The largest absolute Gasteiger partial charge is 0.465 e. The number of primary amides is 1. The third-order valence-electron chi connectivity index (χ3n) is 4.32. The number of likely N-dealkylation sites (tertiary alicyclic amines) is 1. The van der Waals surface area contributed by atoms with Crippen LogP contribution in [0.3, 0.4) is 0 Å². The van der Waals surface area contributed by atoms with E-state index in [1.165, 1.54) is 7.11 Å². The molecule has 8 heteroatoms. The zero-order valence-electron chi connectivity index (χ0n) is 15.0. The van der Waals surface area contributed by atoms with Crippen LogP contribution in [-0.2, 0) is 9.53 Å². The van der Waals surface area contributed by atoms with E-state index in [0.717, 1.165) is 30.8 Å². The second-order valence-electron chi connectivity index (χ2n) is 6.80. The van der Waals surface area contributed by atoms with Gasteiger partial charge in [0.25, 0.3) is 5.91 Å². The van der Waals surface area contributed by atoms with Crippen molar-refractivity contribution in [1.29, 1.82) is 0 Å². The second kappa shape index (κ2) is 7.97. The lowest BCUT2D eigenvalue weighted by atomic mass is 9.92. The molecule has 0 aliphatic carbocycles. The van der Waals surface area contributed by atoms with E-state index < -0.39 is 11.9 Å². The Kier molecular flexibility index (Phi) is 6.18. The Hall–Kier alpha value is -1.93. The van der Waals surface area contributed by atoms with E-state index in [4.69, 9.17) is 10.5 Å². The molecule has 2 heterocycles. The second-order valence-corrected chi connectivity index (χ2v) is 7.83. The molecule has 0 radical (unpaired) electrons. The molecule has 3 N–H and O–H groups in total. The standard InChI is InChI=1S/C17H25N3O4S/c1-9-5-10(2)7-20(6-9)8-12(21)19-16-13(17(23)24-4)11(3)14(25-16)15(18)22/h9-10H,5-8H2,1-4H3,(H2,18,22)(H,19,21)/t9-,10-/m0/s1. The lowest BCUT2D eigenvalue weighted by Gasteiger charge is -2.34. The van der Waals surface area contributed by atoms with Crippen LogP contribution in [-0.4, -0.2) is 49.4 Å². The zero-order chi connectivity index (χ0) is 18.7. The van der Waals surface area contributed by atoms with Crippen molar-refractivity contribution >= 4 is 34.1 Å². The van der Waals surface area contributed by atoms with E-state index >= 15 is 0 Å². The Balaban J connectivity index is 2.15. The first-order valence-electron chi connectivity index (χ1n) is 8.26. The van der Waals surface area contributed by atoms with Crippen molar-refractivity contribution in [3.63, 3.8) is 0 Å². The number of nitrogens with one attached hydrogen (secondary N) is 1. The molecule has 25 heavy (non-hydrogen) atoms. The Morgan fingerprint density at radius 3 is 2.40 bits per heavy atom. The summed E-state index contributed by atoms with van der Waals surface area (Å²) in [6.45, 7) is 7.97. The Bertz CT molecular complexity index is 676. The molecule has 0 aromatic carbocycles. The van der Waals surface area contributed by atoms with Crippen molar-refractivity contribution in [2.75, 3.05) is 32.1 Å². The Morgan fingerprint density at radius 1 is 1.28 bits per heavy atom. The van der Waals surface area contributed by atoms with Crippen LogP contribution in [0.25, 0.3) is 0 Å². The van der Waals surface area contributed by atoms with Crippen LogP contribution >= 0.6 is 11.3 Å². The Labute approximate surface area is 151 Å². The van der Waals surface area contributed by atoms with Crippen molar-refractivity contribution in [1.82, 2.24) is 4.90 Å². The summed E-state index contributed by atoms with van der Waals surface area (Å²) in [4.78, 5) is 38.3. The molecule has 1 aromatic heterocycles. The molecule has 1 aliphatic rings. The fourth-order valence-electron chi connectivity index (χ4n) is 3.47. The molecule has 7 nitrogen and oxygen atoms in total. The predicted octanol–water partition coefficient (Wildman–Crippen LogP) is 1.86. The van der Waals surface area contributed by atoms with Crippen LogP contribution in [0.1, 0.15) is 45.9 Å². The maximum atomic E-state index is 12.4. The highest BCUT2D eigenvalue weighted by Gasteiger charge is 2.27. The van der Waals surface area contributed by atoms with Crippen LogP contribution in [0.5, 0.6) is 0 Å². The van der Waals surface area contributed by atoms with Gasteiger partial charge in [-0.3, -0.25) is 14.5 Å². The van der Waals surface area contributed by atoms with Gasteiger partial charge in [-0.2, -0.15) is 0 Å². The summed E-state index contributed by atoms with van der Waals surface area (Å²) >= 11 is 1.00. The highest BCUT2D eigenvalue weighted by atomic mass is 32.1. The van der Waals surface area contributed by atoms with Crippen LogP contribution in [0.15, 0.2) is 0 Å². The van der Waals surface area contributed by atoms with Gasteiger partial charge in [-0.05, 0) is 30.7 Å². The molecular formula is C17H25N3O4S. The maximum absolute atomic E-state index is 12.4. The van der Waals surface area contributed by atoms with E-state index in [2.05, 4.69) is 24.1 Å². The van der Waals surface area contributed by atoms with Crippen LogP contribution in [0.4, 0.5) is 5.00 Å². The first-order chi connectivity index (χ1) is 11.7. The van der Waals surface area contributed by atoms with Crippen molar-refractivity contribution < 1.29 is 19.1 Å². The van der Waals surface area contributed by atoms with Gasteiger partial charge in [-0.1, -0.05) is 13.8 Å². The average molecular weight is 367 g/mol. The van der Waals surface area contributed by atoms with E-state index in [1.807, 2.05) is 0 Å². The third kappa shape index (κ3) is 4.58. The number of carbonyl (C=O) groups is 3. The van der Waals surface area contributed by atoms with E-state index in [1.54, 1.807) is 6.92 Å². The molecule has 0 spiro atoms.